The number of amides is 1. The Balaban J connectivity index is 0.00000156. The number of nitrogens with zero attached hydrogens (tertiary/aromatic N) is 2. The van der Waals surface area contributed by atoms with Crippen molar-refractivity contribution in [3.63, 3.8) is 0 Å². The molecule has 0 radical (unpaired) electrons. The summed E-state index contributed by atoms with van der Waals surface area (Å²) in [7, 11) is 2.06. The second-order valence-corrected chi connectivity index (χ2v) is 6.20. The molecule has 1 unspecified atom stereocenters. The van der Waals surface area contributed by atoms with Crippen molar-refractivity contribution in [3.8, 4) is 0 Å². The van der Waals surface area contributed by atoms with Gasteiger partial charge in [-0.2, -0.15) is 0 Å². The highest BCUT2D eigenvalue weighted by Crippen LogP contribution is 2.25. The van der Waals surface area contributed by atoms with Gasteiger partial charge in [-0.25, -0.2) is 0 Å². The standard InChI is InChI=1S/C19H23N3O.2ClH/c1-14-7-9-15(10-8-14)18(20)19(23)22-12-11-21(2)17-6-4-3-5-16(17)13-22;;/h3-10,18H,11-13,20H2,1-2H3;2*1H. The van der Waals surface area contributed by atoms with Crippen LogP contribution in [0, 0.1) is 6.92 Å². The topological polar surface area (TPSA) is 49.6 Å². The summed E-state index contributed by atoms with van der Waals surface area (Å²) >= 11 is 0. The Morgan fingerprint density at radius 2 is 1.68 bits per heavy atom. The molecule has 2 N–H and O–H groups in total. The second kappa shape index (κ2) is 9.09. The van der Waals surface area contributed by atoms with Crippen LogP contribution < -0.4 is 10.6 Å². The fourth-order valence-corrected chi connectivity index (χ4v) is 2.99. The quantitative estimate of drug-likeness (QED) is 0.867. The molecule has 136 valence electrons. The summed E-state index contributed by atoms with van der Waals surface area (Å²) < 4.78 is 0. The van der Waals surface area contributed by atoms with Crippen LogP contribution >= 0.6 is 24.8 Å². The van der Waals surface area contributed by atoms with Crippen molar-refractivity contribution in [2.45, 2.75) is 19.5 Å². The van der Waals surface area contributed by atoms with Crippen LogP contribution in [0.5, 0.6) is 0 Å². The van der Waals surface area contributed by atoms with Crippen LogP contribution in [-0.2, 0) is 11.3 Å². The third-order valence-corrected chi connectivity index (χ3v) is 4.48. The zero-order chi connectivity index (χ0) is 16.4. The third-order valence-electron chi connectivity index (χ3n) is 4.48. The Kier molecular flexibility index (Phi) is 7.74. The number of anilines is 1. The monoisotopic (exact) mass is 381 g/mol. The molecule has 6 heteroatoms. The predicted octanol–water partition coefficient (Wildman–Crippen LogP) is 3.32. The Labute approximate surface area is 161 Å². The van der Waals surface area contributed by atoms with Gasteiger partial charge < -0.3 is 15.5 Å². The number of fused-ring (bicyclic) bond motifs is 1. The van der Waals surface area contributed by atoms with Gasteiger partial charge in [-0.3, -0.25) is 4.79 Å². The lowest BCUT2D eigenvalue weighted by atomic mass is 10.0. The van der Waals surface area contributed by atoms with E-state index >= 15 is 0 Å². The molecule has 0 aromatic heterocycles. The van der Waals surface area contributed by atoms with Crippen LogP contribution in [0.25, 0.3) is 0 Å². The highest BCUT2D eigenvalue weighted by Gasteiger charge is 2.25. The summed E-state index contributed by atoms with van der Waals surface area (Å²) in [4.78, 5) is 16.9. The van der Waals surface area contributed by atoms with E-state index in [4.69, 9.17) is 5.73 Å². The van der Waals surface area contributed by atoms with Crippen LogP contribution in [-0.4, -0.2) is 30.9 Å². The number of carbonyl (C=O) groups excluding carboxylic acids is 1. The summed E-state index contributed by atoms with van der Waals surface area (Å²) in [5.41, 5.74) is 10.6. The maximum atomic E-state index is 12.8. The number of rotatable bonds is 2. The number of nitrogens with two attached hydrogens (primary N) is 1. The van der Waals surface area contributed by atoms with Gasteiger partial charge in [-0.05, 0) is 24.1 Å². The van der Waals surface area contributed by atoms with E-state index in [-0.39, 0.29) is 30.7 Å². The van der Waals surface area contributed by atoms with Crippen LogP contribution in [0.15, 0.2) is 48.5 Å². The van der Waals surface area contributed by atoms with Gasteiger partial charge in [-0.1, -0.05) is 48.0 Å². The van der Waals surface area contributed by atoms with Gasteiger partial charge in [0.05, 0.1) is 0 Å². The van der Waals surface area contributed by atoms with E-state index in [0.717, 1.165) is 17.7 Å². The Morgan fingerprint density at radius 1 is 1.04 bits per heavy atom. The van der Waals surface area contributed by atoms with Crippen molar-refractivity contribution in [1.29, 1.82) is 0 Å². The molecule has 0 bridgehead atoms. The largest absolute Gasteiger partial charge is 0.373 e. The molecule has 0 aliphatic carbocycles. The lowest BCUT2D eigenvalue weighted by molar-refractivity contribution is -0.133. The van der Waals surface area contributed by atoms with Crippen molar-refractivity contribution < 1.29 is 4.79 Å². The molecule has 1 heterocycles. The van der Waals surface area contributed by atoms with Crippen LogP contribution in [0.2, 0.25) is 0 Å². The number of carbonyl (C=O) groups is 1. The molecule has 0 saturated heterocycles. The number of aryl methyl sites for hydroxylation is 1. The fraction of sp³-hybridized carbons (Fsp3) is 0.316. The smallest absolute Gasteiger partial charge is 0.244 e. The summed E-state index contributed by atoms with van der Waals surface area (Å²) in [5.74, 6) is -0.0149. The first-order valence-corrected chi connectivity index (χ1v) is 7.96. The average Bonchev–Trinajstić information content (AvgIpc) is 2.74. The van der Waals surface area contributed by atoms with E-state index in [1.807, 2.05) is 48.2 Å². The van der Waals surface area contributed by atoms with Gasteiger partial charge in [0.25, 0.3) is 0 Å². The van der Waals surface area contributed by atoms with Gasteiger partial charge in [0.15, 0.2) is 0 Å². The minimum absolute atomic E-state index is 0. The summed E-state index contributed by atoms with van der Waals surface area (Å²) in [6.45, 7) is 4.13. The van der Waals surface area contributed by atoms with Crippen molar-refractivity contribution in [1.82, 2.24) is 4.90 Å². The summed E-state index contributed by atoms with van der Waals surface area (Å²) in [6, 6.07) is 15.5. The molecule has 0 saturated carbocycles. The van der Waals surface area contributed by atoms with Gasteiger partial charge in [-0.15, -0.1) is 24.8 Å². The first kappa shape index (κ1) is 21.3. The van der Waals surface area contributed by atoms with E-state index in [0.29, 0.717) is 13.1 Å². The van der Waals surface area contributed by atoms with Gasteiger partial charge in [0.2, 0.25) is 5.91 Å². The van der Waals surface area contributed by atoms with Crippen LogP contribution in [0.4, 0.5) is 5.69 Å². The van der Waals surface area contributed by atoms with E-state index in [2.05, 4.69) is 24.1 Å². The average molecular weight is 382 g/mol. The fourth-order valence-electron chi connectivity index (χ4n) is 2.99. The van der Waals surface area contributed by atoms with E-state index in [1.165, 1.54) is 11.3 Å². The number of hydrogen-bond acceptors (Lipinski definition) is 3. The first-order chi connectivity index (χ1) is 11.1. The molecular weight excluding hydrogens is 357 g/mol. The number of likely N-dealkylation sites (N-methyl/N-ethyl adjacent to an activating group) is 1. The predicted molar refractivity (Wildman–Crippen MR) is 108 cm³/mol. The number of benzene rings is 2. The maximum Gasteiger partial charge on any atom is 0.244 e. The van der Waals surface area contributed by atoms with E-state index in [9.17, 15) is 4.79 Å². The summed E-state index contributed by atoms with van der Waals surface area (Å²) in [6.07, 6.45) is 0. The molecule has 2 aromatic carbocycles. The molecule has 4 nitrogen and oxygen atoms in total. The zero-order valence-corrected chi connectivity index (χ0v) is 16.1. The van der Waals surface area contributed by atoms with Crippen LogP contribution in [0.3, 0.4) is 0 Å². The highest BCUT2D eigenvalue weighted by molar-refractivity contribution is 5.85. The molecule has 1 amide bonds. The highest BCUT2D eigenvalue weighted by atomic mass is 35.5. The van der Waals surface area contributed by atoms with Crippen molar-refractivity contribution >= 4 is 36.4 Å². The molecule has 2 aromatic rings. The summed E-state index contributed by atoms with van der Waals surface area (Å²) in [5, 5.41) is 0. The molecule has 25 heavy (non-hydrogen) atoms. The zero-order valence-electron chi connectivity index (χ0n) is 14.5. The van der Waals surface area contributed by atoms with Crippen molar-refractivity contribution in [3.05, 3.63) is 65.2 Å². The number of hydrogen-bond donors (Lipinski definition) is 1. The van der Waals surface area contributed by atoms with Crippen molar-refractivity contribution in [2.24, 2.45) is 5.73 Å². The first-order valence-electron chi connectivity index (χ1n) is 7.96. The molecule has 1 aliphatic heterocycles. The minimum Gasteiger partial charge on any atom is -0.373 e. The van der Waals surface area contributed by atoms with E-state index < -0.39 is 6.04 Å². The molecule has 3 rings (SSSR count). The van der Waals surface area contributed by atoms with E-state index in [1.54, 1.807) is 0 Å². The molecule has 1 atom stereocenters. The van der Waals surface area contributed by atoms with Crippen LogP contribution in [0.1, 0.15) is 22.7 Å². The molecule has 0 fully saturated rings. The molecule has 1 aliphatic rings. The lowest BCUT2D eigenvalue weighted by Crippen LogP contribution is -2.40. The van der Waals surface area contributed by atoms with Gasteiger partial charge in [0.1, 0.15) is 6.04 Å². The SMILES string of the molecule is Cc1ccc(C(N)C(=O)N2CCN(C)c3ccccc3C2)cc1.Cl.Cl. The second-order valence-electron chi connectivity index (χ2n) is 6.20. The Hall–Kier alpha value is -1.75. The molecule has 0 spiro atoms. The minimum atomic E-state index is -0.605. The number of halogens is 2. The molecular formula is C19H25Cl2N3O. The Morgan fingerprint density at radius 3 is 2.36 bits per heavy atom. The Bertz CT molecular complexity index is 706. The third kappa shape index (κ3) is 4.66. The van der Waals surface area contributed by atoms with Crippen molar-refractivity contribution in [2.75, 3.05) is 25.0 Å². The van der Waals surface area contributed by atoms with Gasteiger partial charge in [0, 0.05) is 32.4 Å². The normalized spacial score (nSPS) is 14.5. The maximum absolute atomic E-state index is 12.8. The lowest BCUT2D eigenvalue weighted by Gasteiger charge is -2.24. The number of para-hydroxylation sites is 1. The van der Waals surface area contributed by atoms with Gasteiger partial charge >= 0.3 is 0 Å².